The highest BCUT2D eigenvalue weighted by Crippen LogP contribution is 2.19. The van der Waals surface area contributed by atoms with Crippen LogP contribution in [0.4, 0.5) is 0 Å². The second kappa shape index (κ2) is 6.38. The number of rotatable bonds is 3. The Bertz CT molecular complexity index is 289. The minimum Gasteiger partial charge on any atom is -0.339 e. The van der Waals surface area contributed by atoms with Crippen molar-refractivity contribution < 1.29 is 4.79 Å². The average molecular weight is 258 g/mol. The van der Waals surface area contributed by atoms with Gasteiger partial charge in [-0.3, -0.25) is 9.69 Å². The number of nitrogens with zero attached hydrogens (tertiary/aromatic N) is 2. The van der Waals surface area contributed by atoms with E-state index >= 15 is 0 Å². The van der Waals surface area contributed by atoms with E-state index < -0.39 is 0 Å². The molecule has 17 heavy (non-hydrogen) atoms. The molecule has 5 heteroatoms. The van der Waals surface area contributed by atoms with Gasteiger partial charge in [-0.1, -0.05) is 17.7 Å². The number of carbonyl (C=O) groups excluding carboxylic acids is 1. The lowest BCUT2D eigenvalue weighted by molar-refractivity contribution is -0.136. The molecule has 2 rings (SSSR count). The second-order valence-electron chi connectivity index (χ2n) is 4.59. The fourth-order valence-corrected chi connectivity index (χ4v) is 2.68. The fourth-order valence-electron chi connectivity index (χ4n) is 2.60. The Hall–Kier alpha value is -0.580. The summed E-state index contributed by atoms with van der Waals surface area (Å²) in [6, 6.07) is 0.0703. The Morgan fingerprint density at radius 1 is 1.35 bits per heavy atom. The normalized spacial score (nSPS) is 26.9. The van der Waals surface area contributed by atoms with Crippen molar-refractivity contribution in [1.82, 2.24) is 15.1 Å². The Morgan fingerprint density at radius 3 is 2.82 bits per heavy atom. The Balaban J connectivity index is 1.92. The molecule has 0 spiro atoms. The number of likely N-dealkylation sites (tertiary alicyclic amines) is 1. The molecule has 4 nitrogen and oxygen atoms in total. The molecule has 0 bridgehead atoms. The van der Waals surface area contributed by atoms with Gasteiger partial charge >= 0.3 is 0 Å². The zero-order valence-corrected chi connectivity index (χ0v) is 10.8. The first-order valence-electron chi connectivity index (χ1n) is 6.31. The van der Waals surface area contributed by atoms with Crippen LogP contribution in [0.5, 0.6) is 0 Å². The molecule has 0 aromatic heterocycles. The second-order valence-corrected chi connectivity index (χ2v) is 4.84. The van der Waals surface area contributed by atoms with E-state index in [9.17, 15) is 4.79 Å². The van der Waals surface area contributed by atoms with E-state index in [1.54, 1.807) is 0 Å². The maximum atomic E-state index is 12.4. The fraction of sp³-hybridized carbons (Fsp3) is 0.750. The minimum absolute atomic E-state index is 0.0703. The third-order valence-electron chi connectivity index (χ3n) is 3.51. The Labute approximate surface area is 108 Å². The topological polar surface area (TPSA) is 35.6 Å². The van der Waals surface area contributed by atoms with Crippen LogP contribution in [0.2, 0.25) is 0 Å². The molecule has 2 heterocycles. The lowest BCUT2D eigenvalue weighted by Gasteiger charge is -2.32. The monoisotopic (exact) mass is 257 g/mol. The summed E-state index contributed by atoms with van der Waals surface area (Å²) in [6.07, 6.45) is 4.00. The smallest absolute Gasteiger partial charge is 0.240 e. The lowest BCUT2D eigenvalue weighted by atomic mass is 10.1. The maximum Gasteiger partial charge on any atom is 0.240 e. The van der Waals surface area contributed by atoms with Crippen LogP contribution in [0.3, 0.4) is 0 Å². The van der Waals surface area contributed by atoms with E-state index in [1.807, 2.05) is 11.0 Å². The number of amides is 1. The van der Waals surface area contributed by atoms with Crippen molar-refractivity contribution in [2.24, 2.45) is 0 Å². The Kier molecular flexibility index (Phi) is 4.83. The van der Waals surface area contributed by atoms with Crippen molar-refractivity contribution in [3.63, 3.8) is 0 Å². The molecule has 1 unspecified atom stereocenters. The van der Waals surface area contributed by atoms with Crippen molar-refractivity contribution in [2.75, 3.05) is 39.3 Å². The molecule has 0 aromatic carbocycles. The van der Waals surface area contributed by atoms with Crippen LogP contribution in [0, 0.1) is 0 Å². The van der Waals surface area contributed by atoms with E-state index in [4.69, 9.17) is 11.6 Å². The number of piperazine rings is 1. The van der Waals surface area contributed by atoms with E-state index in [-0.39, 0.29) is 6.04 Å². The van der Waals surface area contributed by atoms with Gasteiger partial charge in [0, 0.05) is 38.3 Å². The first kappa shape index (κ1) is 12.9. The molecule has 0 radical (unpaired) electrons. The predicted molar refractivity (Wildman–Crippen MR) is 69.0 cm³/mol. The van der Waals surface area contributed by atoms with Gasteiger partial charge in [0.15, 0.2) is 0 Å². The van der Waals surface area contributed by atoms with Gasteiger partial charge in [0.2, 0.25) is 5.91 Å². The lowest BCUT2D eigenvalue weighted by Crippen LogP contribution is -2.52. The number of nitrogens with one attached hydrogen (secondary N) is 1. The third kappa shape index (κ3) is 3.21. The molecule has 2 aliphatic heterocycles. The first-order chi connectivity index (χ1) is 8.33. The number of carbonyl (C=O) groups is 1. The molecule has 0 aliphatic carbocycles. The van der Waals surface area contributed by atoms with Crippen LogP contribution in [0.1, 0.15) is 12.8 Å². The van der Waals surface area contributed by atoms with Crippen LogP contribution >= 0.6 is 11.6 Å². The van der Waals surface area contributed by atoms with Gasteiger partial charge in [0.1, 0.15) is 0 Å². The van der Waals surface area contributed by atoms with Crippen molar-refractivity contribution in [3.05, 3.63) is 11.6 Å². The Morgan fingerprint density at radius 2 is 2.12 bits per heavy atom. The highest BCUT2D eigenvalue weighted by atomic mass is 35.5. The SMILES string of the molecule is O=C(C1CCCN1C/C=C/Cl)N1CCNCC1. The molecular weight excluding hydrogens is 238 g/mol. The van der Waals surface area contributed by atoms with Gasteiger partial charge in [-0.15, -0.1) is 0 Å². The minimum atomic E-state index is 0.0703. The van der Waals surface area contributed by atoms with Crippen molar-refractivity contribution in [1.29, 1.82) is 0 Å². The van der Waals surface area contributed by atoms with E-state index in [1.165, 1.54) is 5.54 Å². The van der Waals surface area contributed by atoms with Gasteiger partial charge in [0.05, 0.1) is 6.04 Å². The summed E-state index contributed by atoms with van der Waals surface area (Å²) in [5.41, 5.74) is 1.53. The molecular formula is C12H20ClN3O. The van der Waals surface area contributed by atoms with Crippen molar-refractivity contribution in [2.45, 2.75) is 18.9 Å². The quantitative estimate of drug-likeness (QED) is 0.806. The number of hydrogen-bond donors (Lipinski definition) is 1. The van der Waals surface area contributed by atoms with Gasteiger partial charge in [-0.25, -0.2) is 0 Å². The number of hydrogen-bond acceptors (Lipinski definition) is 3. The van der Waals surface area contributed by atoms with Gasteiger partial charge in [0.25, 0.3) is 0 Å². The largest absolute Gasteiger partial charge is 0.339 e. The van der Waals surface area contributed by atoms with E-state index in [2.05, 4.69) is 10.2 Å². The molecule has 1 N–H and O–H groups in total. The summed E-state index contributed by atoms with van der Waals surface area (Å²) >= 11 is 5.55. The van der Waals surface area contributed by atoms with Gasteiger partial charge in [-0.05, 0) is 19.4 Å². The van der Waals surface area contributed by atoms with Crippen molar-refractivity contribution >= 4 is 17.5 Å². The van der Waals surface area contributed by atoms with Crippen LogP contribution < -0.4 is 5.32 Å². The highest BCUT2D eigenvalue weighted by Gasteiger charge is 2.33. The summed E-state index contributed by atoms with van der Waals surface area (Å²) < 4.78 is 0. The summed E-state index contributed by atoms with van der Waals surface area (Å²) in [5, 5.41) is 3.27. The summed E-state index contributed by atoms with van der Waals surface area (Å²) in [4.78, 5) is 16.6. The molecule has 2 fully saturated rings. The third-order valence-corrected chi connectivity index (χ3v) is 3.68. The average Bonchev–Trinajstić information content (AvgIpc) is 2.84. The number of halogens is 1. The highest BCUT2D eigenvalue weighted by molar-refractivity contribution is 6.25. The molecule has 1 amide bonds. The predicted octanol–water partition coefficient (Wildman–Crippen LogP) is 0.635. The molecule has 1 atom stereocenters. The maximum absolute atomic E-state index is 12.4. The molecule has 0 saturated carbocycles. The molecule has 0 aromatic rings. The molecule has 2 aliphatic rings. The van der Waals surface area contributed by atoms with E-state index in [0.717, 1.165) is 52.1 Å². The zero-order valence-electron chi connectivity index (χ0n) is 10.1. The molecule has 96 valence electrons. The standard InChI is InChI=1S/C12H20ClN3O/c13-4-2-8-15-7-1-3-11(15)12(17)16-9-5-14-6-10-16/h2,4,11,14H,1,3,5-10H2/b4-2+. The zero-order chi connectivity index (χ0) is 12.1. The van der Waals surface area contributed by atoms with E-state index in [0.29, 0.717) is 5.91 Å². The van der Waals surface area contributed by atoms with Crippen LogP contribution in [-0.2, 0) is 4.79 Å². The molecule has 2 saturated heterocycles. The summed E-state index contributed by atoms with van der Waals surface area (Å²) in [7, 11) is 0. The van der Waals surface area contributed by atoms with Gasteiger partial charge < -0.3 is 10.2 Å². The van der Waals surface area contributed by atoms with Crippen LogP contribution in [0.15, 0.2) is 11.6 Å². The first-order valence-corrected chi connectivity index (χ1v) is 6.75. The summed E-state index contributed by atoms with van der Waals surface area (Å²) in [5.74, 6) is 0.298. The van der Waals surface area contributed by atoms with Crippen LogP contribution in [-0.4, -0.2) is 61.0 Å². The van der Waals surface area contributed by atoms with Crippen molar-refractivity contribution in [3.8, 4) is 0 Å². The van der Waals surface area contributed by atoms with Gasteiger partial charge in [-0.2, -0.15) is 0 Å². The summed E-state index contributed by atoms with van der Waals surface area (Å²) in [6.45, 7) is 5.30. The van der Waals surface area contributed by atoms with Crippen LogP contribution in [0.25, 0.3) is 0 Å².